The van der Waals surface area contributed by atoms with Crippen LogP contribution in [0.1, 0.15) is 30.9 Å². The molecule has 1 N–H and O–H groups in total. The van der Waals surface area contributed by atoms with E-state index in [-0.39, 0.29) is 6.10 Å². The Kier molecular flexibility index (Phi) is 4.35. The van der Waals surface area contributed by atoms with Gasteiger partial charge in [-0.15, -0.1) is 0 Å². The van der Waals surface area contributed by atoms with Crippen molar-refractivity contribution in [1.82, 2.24) is 4.90 Å². The lowest BCUT2D eigenvalue weighted by Crippen LogP contribution is -2.36. The van der Waals surface area contributed by atoms with Gasteiger partial charge in [-0.1, -0.05) is 18.2 Å². The number of nitriles is 1. The summed E-state index contributed by atoms with van der Waals surface area (Å²) in [4.78, 5) is 2.37. The van der Waals surface area contributed by atoms with Crippen molar-refractivity contribution in [1.29, 1.82) is 5.26 Å². The Balaban J connectivity index is 1.94. The van der Waals surface area contributed by atoms with Gasteiger partial charge >= 0.3 is 0 Å². The number of piperidine rings is 1. The minimum Gasteiger partial charge on any atom is -0.393 e. The van der Waals surface area contributed by atoms with Crippen LogP contribution in [0.3, 0.4) is 0 Å². The Labute approximate surface area is 109 Å². The fourth-order valence-corrected chi connectivity index (χ4v) is 2.60. The van der Waals surface area contributed by atoms with Gasteiger partial charge in [-0.05, 0) is 50.4 Å². The van der Waals surface area contributed by atoms with E-state index < -0.39 is 0 Å². The lowest BCUT2D eigenvalue weighted by molar-refractivity contribution is 0.0695. The van der Waals surface area contributed by atoms with E-state index in [1.165, 1.54) is 0 Å². The van der Waals surface area contributed by atoms with Crippen LogP contribution in [0.15, 0.2) is 24.3 Å². The maximum atomic E-state index is 9.57. The first-order valence-corrected chi connectivity index (χ1v) is 6.59. The Morgan fingerprint density at radius 2 is 2.06 bits per heavy atom. The molecule has 0 aromatic heterocycles. The Bertz CT molecular complexity index is 428. The van der Waals surface area contributed by atoms with E-state index in [0.717, 1.165) is 43.6 Å². The zero-order chi connectivity index (χ0) is 13.0. The monoisotopic (exact) mass is 244 g/mol. The first-order chi connectivity index (χ1) is 8.70. The average Bonchev–Trinajstić information content (AvgIpc) is 2.40. The van der Waals surface area contributed by atoms with E-state index in [0.29, 0.717) is 5.92 Å². The third kappa shape index (κ3) is 3.10. The molecule has 1 fully saturated rings. The maximum Gasteiger partial charge on any atom is 0.0995 e. The Hall–Kier alpha value is -1.37. The molecular formula is C15H20N2O. The van der Waals surface area contributed by atoms with Crippen molar-refractivity contribution in [3.63, 3.8) is 0 Å². The third-order valence-corrected chi connectivity index (χ3v) is 3.85. The van der Waals surface area contributed by atoms with Gasteiger partial charge < -0.3 is 5.11 Å². The summed E-state index contributed by atoms with van der Waals surface area (Å²) < 4.78 is 0. The standard InChI is InChI=1S/C15H20N2O/c1-12(18)13-6-8-17(9-7-13)11-15-5-3-2-4-14(15)10-16/h2-5,12-13,18H,6-9,11H2,1H3/t12-/m1/s1. The molecule has 0 unspecified atom stereocenters. The summed E-state index contributed by atoms with van der Waals surface area (Å²) in [7, 11) is 0. The van der Waals surface area contributed by atoms with Crippen molar-refractivity contribution in [2.24, 2.45) is 5.92 Å². The minimum atomic E-state index is -0.196. The molecule has 0 radical (unpaired) electrons. The highest BCUT2D eigenvalue weighted by molar-refractivity contribution is 5.37. The first-order valence-electron chi connectivity index (χ1n) is 6.59. The van der Waals surface area contributed by atoms with Crippen molar-refractivity contribution in [3.05, 3.63) is 35.4 Å². The predicted molar refractivity (Wildman–Crippen MR) is 70.8 cm³/mol. The Morgan fingerprint density at radius 1 is 1.39 bits per heavy atom. The quantitative estimate of drug-likeness (QED) is 0.886. The van der Waals surface area contributed by atoms with E-state index in [9.17, 15) is 5.11 Å². The second-order valence-electron chi connectivity index (χ2n) is 5.12. The molecule has 1 aliphatic rings. The highest BCUT2D eigenvalue weighted by atomic mass is 16.3. The molecule has 1 aromatic rings. The third-order valence-electron chi connectivity index (χ3n) is 3.85. The van der Waals surface area contributed by atoms with Crippen LogP contribution in [-0.4, -0.2) is 29.2 Å². The molecule has 3 nitrogen and oxygen atoms in total. The maximum absolute atomic E-state index is 9.57. The van der Waals surface area contributed by atoms with Crippen molar-refractivity contribution < 1.29 is 5.11 Å². The number of likely N-dealkylation sites (tertiary alicyclic amines) is 1. The first kappa shape index (κ1) is 13.1. The molecule has 0 saturated carbocycles. The largest absolute Gasteiger partial charge is 0.393 e. The van der Waals surface area contributed by atoms with E-state index in [2.05, 4.69) is 11.0 Å². The average molecular weight is 244 g/mol. The van der Waals surface area contributed by atoms with E-state index >= 15 is 0 Å². The fourth-order valence-electron chi connectivity index (χ4n) is 2.60. The summed E-state index contributed by atoms with van der Waals surface area (Å²) in [6.07, 6.45) is 1.90. The molecule has 1 saturated heterocycles. The molecule has 1 aromatic carbocycles. The summed E-state index contributed by atoms with van der Waals surface area (Å²) in [6, 6.07) is 10.0. The zero-order valence-electron chi connectivity index (χ0n) is 10.8. The van der Waals surface area contributed by atoms with Crippen LogP contribution in [0, 0.1) is 17.2 Å². The van der Waals surface area contributed by atoms with Gasteiger partial charge in [0.05, 0.1) is 17.7 Å². The van der Waals surface area contributed by atoms with Crippen LogP contribution in [0.2, 0.25) is 0 Å². The van der Waals surface area contributed by atoms with Gasteiger partial charge in [-0.25, -0.2) is 0 Å². The summed E-state index contributed by atoms with van der Waals surface area (Å²) in [5.41, 5.74) is 1.88. The minimum absolute atomic E-state index is 0.196. The molecule has 0 aliphatic carbocycles. The molecule has 1 atom stereocenters. The van der Waals surface area contributed by atoms with E-state index in [1.807, 2.05) is 31.2 Å². The smallest absolute Gasteiger partial charge is 0.0995 e. The SMILES string of the molecule is C[C@@H](O)C1CCN(Cc2ccccc2C#N)CC1. The van der Waals surface area contributed by atoms with Crippen LogP contribution in [-0.2, 0) is 6.54 Å². The van der Waals surface area contributed by atoms with Crippen LogP contribution in [0.4, 0.5) is 0 Å². The van der Waals surface area contributed by atoms with Crippen LogP contribution >= 0.6 is 0 Å². The molecule has 0 bridgehead atoms. The van der Waals surface area contributed by atoms with Gasteiger partial charge in [-0.3, -0.25) is 4.90 Å². The molecule has 1 aliphatic heterocycles. The molecule has 0 amide bonds. The molecule has 2 rings (SSSR count). The van der Waals surface area contributed by atoms with Crippen LogP contribution in [0.5, 0.6) is 0 Å². The van der Waals surface area contributed by atoms with E-state index in [1.54, 1.807) is 0 Å². The molecule has 0 spiro atoms. The highest BCUT2D eigenvalue weighted by Crippen LogP contribution is 2.22. The van der Waals surface area contributed by atoms with Gasteiger partial charge in [0.25, 0.3) is 0 Å². The normalized spacial score (nSPS) is 19.4. The second kappa shape index (κ2) is 5.99. The lowest BCUT2D eigenvalue weighted by atomic mass is 9.92. The predicted octanol–water partition coefficient (Wildman–Crippen LogP) is 2.15. The van der Waals surface area contributed by atoms with Crippen LogP contribution in [0.25, 0.3) is 0 Å². The number of aliphatic hydroxyl groups excluding tert-OH is 1. The summed E-state index contributed by atoms with van der Waals surface area (Å²) in [5.74, 6) is 0.437. The van der Waals surface area contributed by atoms with Crippen LogP contribution < -0.4 is 0 Å². The number of aliphatic hydroxyl groups is 1. The number of benzene rings is 1. The summed E-state index contributed by atoms with van der Waals surface area (Å²) >= 11 is 0. The second-order valence-corrected chi connectivity index (χ2v) is 5.12. The van der Waals surface area contributed by atoms with Crippen molar-refractivity contribution >= 4 is 0 Å². The van der Waals surface area contributed by atoms with Gasteiger partial charge in [0.1, 0.15) is 0 Å². The summed E-state index contributed by atoms with van der Waals surface area (Å²) in [5, 5.41) is 18.6. The number of rotatable bonds is 3. The van der Waals surface area contributed by atoms with E-state index in [4.69, 9.17) is 5.26 Å². The van der Waals surface area contributed by atoms with Crippen molar-refractivity contribution in [3.8, 4) is 6.07 Å². The molecular weight excluding hydrogens is 224 g/mol. The number of nitrogens with zero attached hydrogens (tertiary/aromatic N) is 2. The zero-order valence-corrected chi connectivity index (χ0v) is 10.8. The summed E-state index contributed by atoms with van der Waals surface area (Å²) in [6.45, 7) is 4.74. The van der Waals surface area contributed by atoms with Gasteiger partial charge in [0.15, 0.2) is 0 Å². The van der Waals surface area contributed by atoms with Gasteiger partial charge in [0, 0.05) is 6.54 Å². The van der Waals surface area contributed by atoms with Gasteiger partial charge in [-0.2, -0.15) is 5.26 Å². The number of hydrogen-bond acceptors (Lipinski definition) is 3. The molecule has 1 heterocycles. The highest BCUT2D eigenvalue weighted by Gasteiger charge is 2.22. The lowest BCUT2D eigenvalue weighted by Gasteiger charge is -2.33. The molecule has 96 valence electrons. The molecule has 18 heavy (non-hydrogen) atoms. The number of hydrogen-bond donors (Lipinski definition) is 1. The fraction of sp³-hybridized carbons (Fsp3) is 0.533. The van der Waals surface area contributed by atoms with Gasteiger partial charge in [0.2, 0.25) is 0 Å². The van der Waals surface area contributed by atoms with Crippen molar-refractivity contribution in [2.45, 2.75) is 32.4 Å². The molecule has 3 heteroatoms. The van der Waals surface area contributed by atoms with Crippen molar-refractivity contribution in [2.75, 3.05) is 13.1 Å². The Morgan fingerprint density at radius 3 is 2.67 bits per heavy atom. The topological polar surface area (TPSA) is 47.3 Å².